The standard InChI is InChI=1S/C6H5BF4N/c1-4-3-12-6(8)2-5(4)7(9,10)11/h2-3H,1H3/q-1. The average Bonchev–Trinajstić information content (AvgIpc) is 1.92. The van der Waals surface area contributed by atoms with Gasteiger partial charge in [-0.05, 0) is 13.0 Å². The number of aromatic nitrogens is 1. The van der Waals surface area contributed by atoms with E-state index in [1.165, 1.54) is 6.92 Å². The van der Waals surface area contributed by atoms with Crippen molar-refractivity contribution in [1.82, 2.24) is 4.98 Å². The number of aryl methyl sites for hydroxylation is 1. The minimum Gasteiger partial charge on any atom is -0.445 e. The highest BCUT2D eigenvalue weighted by Gasteiger charge is 2.27. The molecule has 0 fully saturated rings. The van der Waals surface area contributed by atoms with Crippen LogP contribution in [0.5, 0.6) is 0 Å². The Morgan fingerprint density at radius 2 is 1.92 bits per heavy atom. The van der Waals surface area contributed by atoms with E-state index in [4.69, 9.17) is 0 Å². The summed E-state index contributed by atoms with van der Waals surface area (Å²) >= 11 is 0. The molecule has 0 aliphatic heterocycles. The predicted molar refractivity (Wildman–Crippen MR) is 37.6 cm³/mol. The Morgan fingerprint density at radius 1 is 1.33 bits per heavy atom. The van der Waals surface area contributed by atoms with E-state index in [0.717, 1.165) is 6.20 Å². The summed E-state index contributed by atoms with van der Waals surface area (Å²) in [6.07, 6.45) is 0.875. The van der Waals surface area contributed by atoms with Crippen LogP contribution in [-0.2, 0) is 0 Å². The normalized spacial score (nSPS) is 11.8. The lowest BCUT2D eigenvalue weighted by atomic mass is 9.78. The Hall–Kier alpha value is -1.07. The lowest BCUT2D eigenvalue weighted by Crippen LogP contribution is -2.36. The van der Waals surface area contributed by atoms with Gasteiger partial charge in [-0.1, -0.05) is 11.0 Å². The van der Waals surface area contributed by atoms with Crippen molar-refractivity contribution in [3.63, 3.8) is 0 Å². The maximum absolute atomic E-state index is 12.3. The molecule has 0 radical (unpaired) electrons. The lowest BCUT2D eigenvalue weighted by Gasteiger charge is -2.16. The van der Waals surface area contributed by atoms with Gasteiger partial charge in [-0.3, -0.25) is 0 Å². The molecule has 12 heavy (non-hydrogen) atoms. The van der Waals surface area contributed by atoms with Crippen LogP contribution in [-0.4, -0.2) is 12.0 Å². The molecule has 0 atom stereocenters. The highest BCUT2D eigenvalue weighted by atomic mass is 19.4. The molecule has 1 heterocycles. The van der Waals surface area contributed by atoms with Crippen molar-refractivity contribution in [2.24, 2.45) is 0 Å². The Labute approximate surface area is 66.5 Å². The number of nitrogens with zero attached hydrogens (tertiary/aromatic N) is 1. The van der Waals surface area contributed by atoms with Gasteiger partial charge in [0.1, 0.15) is 0 Å². The van der Waals surface area contributed by atoms with Crippen LogP contribution in [0.15, 0.2) is 12.3 Å². The van der Waals surface area contributed by atoms with Gasteiger partial charge in [0.15, 0.2) is 0 Å². The molecule has 0 bridgehead atoms. The summed E-state index contributed by atoms with van der Waals surface area (Å²) in [5.41, 5.74) is -0.966. The topological polar surface area (TPSA) is 12.9 Å². The molecule has 66 valence electrons. The first-order chi connectivity index (χ1) is 5.41. The predicted octanol–water partition coefficient (Wildman–Crippen LogP) is 1.58. The van der Waals surface area contributed by atoms with Gasteiger partial charge in [0.2, 0.25) is 5.95 Å². The SMILES string of the molecule is Cc1cnc(F)cc1[B-](F)(F)F. The largest absolute Gasteiger partial charge is 0.510 e. The maximum atomic E-state index is 12.3. The van der Waals surface area contributed by atoms with Crippen LogP contribution in [0.4, 0.5) is 17.3 Å². The zero-order valence-electron chi connectivity index (χ0n) is 6.19. The van der Waals surface area contributed by atoms with Gasteiger partial charge in [-0.25, -0.2) is 4.98 Å². The second kappa shape index (κ2) is 2.77. The first kappa shape index (κ1) is 9.03. The zero-order chi connectivity index (χ0) is 9.35. The molecule has 0 unspecified atom stereocenters. The van der Waals surface area contributed by atoms with Gasteiger partial charge in [0, 0.05) is 6.20 Å². The highest BCUT2D eigenvalue weighted by molar-refractivity contribution is 6.73. The van der Waals surface area contributed by atoms with Crippen molar-refractivity contribution in [2.75, 3.05) is 0 Å². The first-order valence-corrected chi connectivity index (χ1v) is 3.23. The average molecular weight is 178 g/mol. The van der Waals surface area contributed by atoms with Gasteiger partial charge < -0.3 is 12.9 Å². The van der Waals surface area contributed by atoms with E-state index >= 15 is 0 Å². The molecule has 0 aromatic carbocycles. The molecular formula is C6H5BF4N-. The molecule has 0 saturated carbocycles. The third-order valence-electron chi connectivity index (χ3n) is 1.46. The summed E-state index contributed by atoms with van der Waals surface area (Å²) in [7, 11) is 0. The van der Waals surface area contributed by atoms with Crippen LogP contribution in [0.25, 0.3) is 0 Å². The minimum absolute atomic E-state index is 0.0519. The number of halogens is 4. The Morgan fingerprint density at radius 3 is 2.33 bits per heavy atom. The molecule has 0 spiro atoms. The maximum Gasteiger partial charge on any atom is 0.510 e. The van der Waals surface area contributed by atoms with E-state index in [9.17, 15) is 17.3 Å². The molecular weight excluding hydrogens is 173 g/mol. The fourth-order valence-electron chi connectivity index (χ4n) is 0.865. The second-order valence-electron chi connectivity index (χ2n) is 2.44. The van der Waals surface area contributed by atoms with Crippen LogP contribution >= 0.6 is 0 Å². The van der Waals surface area contributed by atoms with Gasteiger partial charge >= 0.3 is 6.98 Å². The van der Waals surface area contributed by atoms with E-state index in [1.54, 1.807) is 0 Å². The smallest absolute Gasteiger partial charge is 0.445 e. The fraction of sp³-hybridized carbons (Fsp3) is 0.167. The van der Waals surface area contributed by atoms with Crippen molar-refractivity contribution in [2.45, 2.75) is 6.92 Å². The van der Waals surface area contributed by atoms with E-state index in [1.807, 2.05) is 0 Å². The van der Waals surface area contributed by atoms with Crippen LogP contribution in [0, 0.1) is 12.9 Å². The molecule has 6 heteroatoms. The Balaban J connectivity index is 3.23. The number of rotatable bonds is 1. The monoisotopic (exact) mass is 178 g/mol. The van der Waals surface area contributed by atoms with Crippen LogP contribution in [0.3, 0.4) is 0 Å². The Kier molecular flexibility index (Phi) is 2.08. The molecule has 1 aromatic heterocycles. The highest BCUT2D eigenvalue weighted by Crippen LogP contribution is 2.11. The lowest BCUT2D eigenvalue weighted by molar-refractivity contribution is 0.498. The first-order valence-electron chi connectivity index (χ1n) is 3.23. The molecule has 0 N–H and O–H groups in total. The van der Waals surface area contributed by atoms with Crippen LogP contribution < -0.4 is 5.46 Å². The third kappa shape index (κ3) is 1.75. The van der Waals surface area contributed by atoms with E-state index in [-0.39, 0.29) is 5.56 Å². The van der Waals surface area contributed by atoms with E-state index in [0.29, 0.717) is 6.07 Å². The van der Waals surface area contributed by atoms with Gasteiger partial charge in [0.25, 0.3) is 0 Å². The minimum atomic E-state index is -5.13. The van der Waals surface area contributed by atoms with Crippen LogP contribution in [0.1, 0.15) is 5.56 Å². The molecule has 0 amide bonds. The van der Waals surface area contributed by atoms with Crippen molar-refractivity contribution in [3.8, 4) is 0 Å². The molecule has 0 aliphatic rings. The number of pyridine rings is 1. The van der Waals surface area contributed by atoms with Crippen LogP contribution in [0.2, 0.25) is 0 Å². The van der Waals surface area contributed by atoms with Gasteiger partial charge in [0.05, 0.1) is 0 Å². The summed E-state index contributed by atoms with van der Waals surface area (Å²) in [6, 6.07) is 0.412. The second-order valence-corrected chi connectivity index (χ2v) is 2.44. The summed E-state index contributed by atoms with van der Waals surface area (Å²) in [5, 5.41) is 0. The Bertz CT molecular complexity index is 296. The van der Waals surface area contributed by atoms with Crippen molar-refractivity contribution >= 4 is 12.4 Å². The zero-order valence-corrected chi connectivity index (χ0v) is 6.19. The molecule has 1 nitrogen and oxygen atoms in total. The summed E-state index contributed by atoms with van der Waals surface area (Å²) < 4.78 is 48.6. The van der Waals surface area contributed by atoms with Gasteiger partial charge in [-0.15, -0.1) is 0 Å². The summed E-state index contributed by atoms with van der Waals surface area (Å²) in [6.45, 7) is -3.88. The van der Waals surface area contributed by atoms with Gasteiger partial charge in [-0.2, -0.15) is 4.39 Å². The summed E-state index contributed by atoms with van der Waals surface area (Å²) in [5.74, 6) is -1.10. The van der Waals surface area contributed by atoms with E-state index in [2.05, 4.69) is 4.98 Å². The van der Waals surface area contributed by atoms with Crippen molar-refractivity contribution in [1.29, 1.82) is 0 Å². The summed E-state index contributed by atoms with van der Waals surface area (Å²) in [4.78, 5) is 3.10. The third-order valence-corrected chi connectivity index (χ3v) is 1.46. The van der Waals surface area contributed by atoms with E-state index < -0.39 is 18.4 Å². The quantitative estimate of drug-likeness (QED) is 0.361. The van der Waals surface area contributed by atoms with Crippen molar-refractivity contribution in [3.05, 3.63) is 23.8 Å². The fourth-order valence-corrected chi connectivity index (χ4v) is 0.865. The molecule has 0 aliphatic carbocycles. The molecule has 0 saturated heterocycles. The number of hydrogen-bond acceptors (Lipinski definition) is 1. The number of hydrogen-bond donors (Lipinski definition) is 0. The van der Waals surface area contributed by atoms with Crippen molar-refractivity contribution < 1.29 is 17.3 Å². The molecule has 1 aromatic rings. The molecule has 1 rings (SSSR count).